The topological polar surface area (TPSA) is 12.0 Å². The molecule has 0 aliphatic heterocycles. The van der Waals surface area contributed by atoms with Crippen molar-refractivity contribution in [1.82, 2.24) is 5.32 Å². The molecule has 17 heavy (non-hydrogen) atoms. The van der Waals surface area contributed by atoms with Gasteiger partial charge in [-0.05, 0) is 60.1 Å². The van der Waals surface area contributed by atoms with Crippen molar-refractivity contribution in [2.24, 2.45) is 11.8 Å². The maximum atomic E-state index is 3.62. The number of hydrogen-bond donors (Lipinski definition) is 1. The Hall–Kier alpha value is 0.140. The van der Waals surface area contributed by atoms with Crippen molar-refractivity contribution in [3.63, 3.8) is 0 Å². The lowest BCUT2D eigenvalue weighted by atomic mass is 9.83. The Balaban J connectivity index is 1.69. The second kappa shape index (κ2) is 6.35. The first-order valence-electron chi connectivity index (χ1n) is 6.60. The van der Waals surface area contributed by atoms with E-state index in [1.165, 1.54) is 46.5 Å². The van der Waals surface area contributed by atoms with Gasteiger partial charge in [0.05, 0.1) is 0 Å². The normalized spacial score (nSPS) is 25.1. The summed E-state index contributed by atoms with van der Waals surface area (Å²) in [5.74, 6) is 1.87. The lowest BCUT2D eigenvalue weighted by molar-refractivity contribution is 0.281. The highest BCUT2D eigenvalue weighted by atomic mass is 79.9. The molecule has 1 N–H and O–H groups in total. The summed E-state index contributed by atoms with van der Waals surface area (Å²) in [5.41, 5.74) is 0. The molecule has 1 fully saturated rings. The van der Waals surface area contributed by atoms with Gasteiger partial charge in [0.2, 0.25) is 0 Å². The summed E-state index contributed by atoms with van der Waals surface area (Å²) in [6.45, 7) is 6.78. The molecule has 1 nitrogen and oxygen atoms in total. The SMILES string of the molecule is Cc1sc(CNCC2CCC(C)CC2)cc1Br. The molecule has 0 bridgehead atoms. The molecule has 1 aromatic heterocycles. The number of thiophene rings is 1. The van der Waals surface area contributed by atoms with Crippen LogP contribution in [0.15, 0.2) is 10.5 Å². The van der Waals surface area contributed by atoms with Crippen molar-refractivity contribution in [3.05, 3.63) is 20.3 Å². The van der Waals surface area contributed by atoms with Gasteiger partial charge in [0.15, 0.2) is 0 Å². The zero-order valence-corrected chi connectivity index (χ0v) is 13.2. The van der Waals surface area contributed by atoms with Crippen molar-refractivity contribution in [1.29, 1.82) is 0 Å². The molecule has 3 heteroatoms. The van der Waals surface area contributed by atoms with E-state index >= 15 is 0 Å². The molecule has 1 saturated carbocycles. The van der Waals surface area contributed by atoms with Crippen LogP contribution in [0.1, 0.15) is 42.4 Å². The third-order valence-corrected chi connectivity index (χ3v) is 5.91. The van der Waals surface area contributed by atoms with Crippen LogP contribution in [0.2, 0.25) is 0 Å². The van der Waals surface area contributed by atoms with Crippen LogP contribution < -0.4 is 5.32 Å². The lowest BCUT2D eigenvalue weighted by Gasteiger charge is -2.26. The molecule has 1 aliphatic rings. The van der Waals surface area contributed by atoms with Crippen LogP contribution >= 0.6 is 27.3 Å². The molecule has 1 aromatic rings. The molecule has 1 aliphatic carbocycles. The minimum Gasteiger partial charge on any atom is -0.312 e. The van der Waals surface area contributed by atoms with Gasteiger partial charge in [-0.3, -0.25) is 0 Å². The van der Waals surface area contributed by atoms with E-state index in [9.17, 15) is 0 Å². The summed E-state index contributed by atoms with van der Waals surface area (Å²) in [4.78, 5) is 2.83. The summed E-state index contributed by atoms with van der Waals surface area (Å²) in [6, 6.07) is 2.25. The molecule has 1 heterocycles. The predicted octanol–water partition coefficient (Wildman–Crippen LogP) is 4.73. The van der Waals surface area contributed by atoms with Crippen molar-refractivity contribution >= 4 is 27.3 Å². The third-order valence-electron chi connectivity index (χ3n) is 3.78. The number of hydrogen-bond acceptors (Lipinski definition) is 2. The molecule has 0 unspecified atom stereocenters. The summed E-state index contributed by atoms with van der Waals surface area (Å²) in [7, 11) is 0. The molecule has 0 atom stereocenters. The van der Waals surface area contributed by atoms with Gasteiger partial charge in [0.25, 0.3) is 0 Å². The number of halogens is 1. The van der Waals surface area contributed by atoms with Gasteiger partial charge in [-0.2, -0.15) is 0 Å². The van der Waals surface area contributed by atoms with Crippen LogP contribution in [0.4, 0.5) is 0 Å². The third kappa shape index (κ3) is 4.08. The van der Waals surface area contributed by atoms with Crippen molar-refractivity contribution in [2.75, 3.05) is 6.54 Å². The van der Waals surface area contributed by atoms with Gasteiger partial charge in [0.1, 0.15) is 0 Å². The number of aryl methyl sites for hydroxylation is 1. The van der Waals surface area contributed by atoms with Crippen LogP contribution in [-0.2, 0) is 6.54 Å². The monoisotopic (exact) mass is 315 g/mol. The summed E-state index contributed by atoms with van der Waals surface area (Å²) in [6.07, 6.45) is 5.69. The van der Waals surface area contributed by atoms with E-state index in [4.69, 9.17) is 0 Å². The smallest absolute Gasteiger partial charge is 0.0314 e. The Morgan fingerprint density at radius 1 is 1.35 bits per heavy atom. The molecule has 0 amide bonds. The van der Waals surface area contributed by atoms with Crippen molar-refractivity contribution in [2.45, 2.75) is 46.1 Å². The summed E-state index contributed by atoms with van der Waals surface area (Å²) in [5, 5.41) is 3.62. The van der Waals surface area contributed by atoms with Gasteiger partial charge >= 0.3 is 0 Å². The maximum Gasteiger partial charge on any atom is 0.0314 e. The molecule has 96 valence electrons. The van der Waals surface area contributed by atoms with E-state index in [-0.39, 0.29) is 0 Å². The molecular weight excluding hydrogens is 294 g/mol. The fraction of sp³-hybridized carbons (Fsp3) is 0.714. The highest BCUT2D eigenvalue weighted by Crippen LogP contribution is 2.28. The molecule has 0 radical (unpaired) electrons. The number of rotatable bonds is 4. The van der Waals surface area contributed by atoms with Crippen LogP contribution in [0.3, 0.4) is 0 Å². The van der Waals surface area contributed by atoms with E-state index < -0.39 is 0 Å². The fourth-order valence-corrected chi connectivity index (χ4v) is 4.11. The fourth-order valence-electron chi connectivity index (χ4n) is 2.54. The van der Waals surface area contributed by atoms with Gasteiger partial charge in [-0.15, -0.1) is 11.3 Å². The zero-order chi connectivity index (χ0) is 12.3. The Kier molecular flexibility index (Phi) is 5.07. The van der Waals surface area contributed by atoms with Gasteiger partial charge in [-0.25, -0.2) is 0 Å². The molecule has 0 saturated heterocycles. The first kappa shape index (κ1) is 13.6. The van der Waals surface area contributed by atoms with E-state index in [0.717, 1.165) is 18.4 Å². The molecule has 0 spiro atoms. The van der Waals surface area contributed by atoms with E-state index in [1.807, 2.05) is 11.3 Å². The Labute approximate surface area is 117 Å². The molecule has 0 aromatic carbocycles. The minimum absolute atomic E-state index is 0.913. The Bertz CT molecular complexity index is 334. The quantitative estimate of drug-likeness (QED) is 0.846. The van der Waals surface area contributed by atoms with E-state index in [0.29, 0.717) is 0 Å². The minimum atomic E-state index is 0.913. The van der Waals surface area contributed by atoms with Crippen LogP contribution in [0.5, 0.6) is 0 Å². The molecule has 2 rings (SSSR count). The van der Waals surface area contributed by atoms with E-state index in [2.05, 4.69) is 41.2 Å². The van der Waals surface area contributed by atoms with Crippen molar-refractivity contribution < 1.29 is 0 Å². The summed E-state index contributed by atoms with van der Waals surface area (Å²) < 4.78 is 1.26. The average molecular weight is 316 g/mol. The van der Waals surface area contributed by atoms with E-state index in [1.54, 1.807) is 0 Å². The largest absolute Gasteiger partial charge is 0.312 e. The lowest BCUT2D eigenvalue weighted by Crippen LogP contribution is -2.25. The predicted molar refractivity (Wildman–Crippen MR) is 79.6 cm³/mol. The van der Waals surface area contributed by atoms with Gasteiger partial charge in [0, 0.05) is 20.8 Å². The first-order chi connectivity index (χ1) is 8.15. The summed E-state index contributed by atoms with van der Waals surface area (Å²) >= 11 is 5.47. The molecular formula is C14H22BrNS. The highest BCUT2D eigenvalue weighted by molar-refractivity contribution is 9.10. The van der Waals surface area contributed by atoms with Gasteiger partial charge in [-0.1, -0.05) is 19.8 Å². The second-order valence-electron chi connectivity index (χ2n) is 5.37. The van der Waals surface area contributed by atoms with Gasteiger partial charge < -0.3 is 5.32 Å². The second-order valence-corrected chi connectivity index (χ2v) is 7.57. The average Bonchev–Trinajstić information content (AvgIpc) is 2.61. The van der Waals surface area contributed by atoms with Crippen LogP contribution in [0, 0.1) is 18.8 Å². The van der Waals surface area contributed by atoms with Crippen LogP contribution in [0.25, 0.3) is 0 Å². The standard InChI is InChI=1S/C14H22BrNS/c1-10-3-5-12(6-4-10)8-16-9-13-7-14(15)11(2)17-13/h7,10,12,16H,3-6,8-9H2,1-2H3. The number of nitrogens with one attached hydrogen (secondary N) is 1. The van der Waals surface area contributed by atoms with Crippen molar-refractivity contribution in [3.8, 4) is 0 Å². The maximum absolute atomic E-state index is 3.62. The highest BCUT2D eigenvalue weighted by Gasteiger charge is 2.17. The Morgan fingerprint density at radius 2 is 2.06 bits per heavy atom. The Morgan fingerprint density at radius 3 is 2.65 bits per heavy atom. The van der Waals surface area contributed by atoms with Crippen LogP contribution in [-0.4, -0.2) is 6.54 Å². The zero-order valence-electron chi connectivity index (χ0n) is 10.8. The first-order valence-corrected chi connectivity index (χ1v) is 8.21.